The van der Waals surface area contributed by atoms with E-state index >= 15 is 0 Å². The van der Waals surface area contributed by atoms with Gasteiger partial charge < -0.3 is 10.1 Å². The summed E-state index contributed by atoms with van der Waals surface area (Å²) >= 11 is 1.63. The van der Waals surface area contributed by atoms with Crippen molar-refractivity contribution in [2.75, 3.05) is 12.4 Å². The smallest absolute Gasteiger partial charge is 0.188 e. The first kappa shape index (κ1) is 17.5. The molecule has 0 amide bonds. The van der Waals surface area contributed by atoms with Crippen LogP contribution < -0.4 is 5.32 Å². The number of aromatic nitrogens is 1. The van der Waals surface area contributed by atoms with Gasteiger partial charge in [-0.25, -0.2) is 4.98 Å². The van der Waals surface area contributed by atoms with E-state index in [4.69, 9.17) is 9.72 Å². The van der Waals surface area contributed by atoms with Crippen molar-refractivity contribution in [1.82, 2.24) is 4.98 Å². The number of thiazole rings is 1. The molecule has 0 fully saturated rings. The highest BCUT2D eigenvalue weighted by Crippen LogP contribution is 2.40. The molecule has 3 nitrogen and oxygen atoms in total. The molecule has 0 spiro atoms. The van der Waals surface area contributed by atoms with Crippen LogP contribution in [0.2, 0.25) is 0 Å². The van der Waals surface area contributed by atoms with Crippen LogP contribution in [-0.2, 0) is 4.74 Å². The highest BCUT2D eigenvalue weighted by atomic mass is 32.1. The summed E-state index contributed by atoms with van der Waals surface area (Å²) in [5, 5.41) is 4.27. The molecule has 3 aromatic carbocycles. The van der Waals surface area contributed by atoms with Crippen molar-refractivity contribution in [3.63, 3.8) is 0 Å². The average molecular weight is 372 g/mol. The molecule has 4 rings (SSSR count). The van der Waals surface area contributed by atoms with E-state index in [0.29, 0.717) is 0 Å². The third-order valence-electron chi connectivity index (χ3n) is 4.30. The first-order valence-corrected chi connectivity index (χ1v) is 9.63. The molecule has 1 N–H and O–H groups in total. The van der Waals surface area contributed by atoms with Crippen LogP contribution in [0.1, 0.15) is 16.5 Å². The fourth-order valence-electron chi connectivity index (χ4n) is 3.03. The Bertz CT molecular complexity index is 985. The quantitative estimate of drug-likeness (QED) is 0.432. The van der Waals surface area contributed by atoms with Crippen LogP contribution in [0.25, 0.3) is 11.3 Å². The van der Waals surface area contributed by atoms with E-state index in [1.165, 1.54) is 0 Å². The number of nitrogens with zero attached hydrogens (tertiary/aromatic N) is 1. The maximum atomic E-state index is 5.89. The van der Waals surface area contributed by atoms with Crippen LogP contribution in [0.4, 0.5) is 10.8 Å². The number of para-hydroxylation sites is 1. The molecule has 0 saturated heterocycles. The maximum absolute atomic E-state index is 5.89. The minimum Gasteiger partial charge on any atom is -0.371 e. The summed E-state index contributed by atoms with van der Waals surface area (Å²) in [6, 6.07) is 30.6. The monoisotopic (exact) mass is 372 g/mol. The van der Waals surface area contributed by atoms with Gasteiger partial charge in [-0.05, 0) is 17.7 Å². The minimum absolute atomic E-state index is 0.162. The zero-order valence-electron chi connectivity index (χ0n) is 15.0. The molecule has 4 heteroatoms. The van der Waals surface area contributed by atoms with Crippen LogP contribution in [0.3, 0.4) is 0 Å². The van der Waals surface area contributed by atoms with E-state index in [-0.39, 0.29) is 6.10 Å². The summed E-state index contributed by atoms with van der Waals surface area (Å²) < 4.78 is 5.89. The van der Waals surface area contributed by atoms with Crippen LogP contribution in [-0.4, -0.2) is 12.1 Å². The Balaban J connectivity index is 1.78. The highest BCUT2D eigenvalue weighted by Gasteiger charge is 2.23. The van der Waals surface area contributed by atoms with Crippen molar-refractivity contribution >= 4 is 22.2 Å². The Morgan fingerprint density at radius 1 is 0.815 bits per heavy atom. The Kier molecular flexibility index (Phi) is 5.28. The van der Waals surface area contributed by atoms with Gasteiger partial charge in [0.15, 0.2) is 5.13 Å². The van der Waals surface area contributed by atoms with Gasteiger partial charge in [0.05, 0.1) is 10.6 Å². The number of nitrogens with one attached hydrogen (secondary N) is 1. The second-order valence-electron chi connectivity index (χ2n) is 6.12. The van der Waals surface area contributed by atoms with Gasteiger partial charge in [-0.2, -0.15) is 0 Å². The summed E-state index contributed by atoms with van der Waals surface area (Å²) in [6.45, 7) is 0. The predicted octanol–water partition coefficient (Wildman–Crippen LogP) is 6.29. The number of benzene rings is 3. The van der Waals surface area contributed by atoms with Crippen LogP contribution in [0.5, 0.6) is 0 Å². The van der Waals surface area contributed by atoms with Crippen LogP contribution >= 0.6 is 11.3 Å². The average Bonchev–Trinajstić information content (AvgIpc) is 3.14. The molecule has 1 atom stereocenters. The largest absolute Gasteiger partial charge is 0.371 e. The maximum Gasteiger partial charge on any atom is 0.188 e. The number of hydrogen-bond acceptors (Lipinski definition) is 4. The molecule has 1 unspecified atom stereocenters. The van der Waals surface area contributed by atoms with Gasteiger partial charge in [-0.1, -0.05) is 90.2 Å². The summed E-state index contributed by atoms with van der Waals surface area (Å²) in [5.74, 6) is 0. The Hall–Kier alpha value is -2.95. The number of anilines is 2. The van der Waals surface area contributed by atoms with E-state index in [9.17, 15) is 0 Å². The minimum atomic E-state index is -0.162. The fourth-order valence-corrected chi connectivity index (χ4v) is 4.15. The molecule has 134 valence electrons. The van der Waals surface area contributed by atoms with Crippen LogP contribution in [0.15, 0.2) is 91.0 Å². The van der Waals surface area contributed by atoms with Gasteiger partial charge in [0.2, 0.25) is 0 Å². The van der Waals surface area contributed by atoms with Gasteiger partial charge in [0.25, 0.3) is 0 Å². The molecular weight excluding hydrogens is 352 g/mol. The van der Waals surface area contributed by atoms with Gasteiger partial charge in [-0.15, -0.1) is 0 Å². The SMILES string of the molecule is COC(c1ccccc1)c1sc(Nc2ccccc2)nc1-c1ccccc1. The summed E-state index contributed by atoms with van der Waals surface area (Å²) in [7, 11) is 1.75. The molecule has 0 aliphatic rings. The zero-order valence-corrected chi connectivity index (χ0v) is 15.8. The molecule has 1 heterocycles. The normalized spacial score (nSPS) is 11.9. The van der Waals surface area contributed by atoms with E-state index in [1.807, 2.05) is 66.7 Å². The molecule has 1 aromatic heterocycles. The van der Waals surface area contributed by atoms with Crippen molar-refractivity contribution in [3.05, 3.63) is 101 Å². The van der Waals surface area contributed by atoms with Gasteiger partial charge in [0.1, 0.15) is 6.10 Å². The van der Waals surface area contributed by atoms with Crippen molar-refractivity contribution in [1.29, 1.82) is 0 Å². The second-order valence-corrected chi connectivity index (χ2v) is 7.15. The summed E-state index contributed by atoms with van der Waals surface area (Å²) in [4.78, 5) is 5.99. The van der Waals surface area contributed by atoms with Gasteiger partial charge in [-0.3, -0.25) is 0 Å². The van der Waals surface area contributed by atoms with Crippen molar-refractivity contribution in [2.45, 2.75) is 6.10 Å². The fraction of sp³-hybridized carbons (Fsp3) is 0.0870. The first-order valence-electron chi connectivity index (χ1n) is 8.81. The third-order valence-corrected chi connectivity index (χ3v) is 5.32. The lowest BCUT2D eigenvalue weighted by Gasteiger charge is -2.15. The Morgan fingerprint density at radius 3 is 2.04 bits per heavy atom. The number of rotatable bonds is 6. The lowest BCUT2D eigenvalue weighted by atomic mass is 10.0. The lowest BCUT2D eigenvalue weighted by molar-refractivity contribution is 0.139. The standard InChI is InChI=1S/C23H20N2OS/c1-26-21(18-13-7-3-8-14-18)22-20(17-11-5-2-6-12-17)25-23(27-22)24-19-15-9-4-10-16-19/h2-16,21H,1H3,(H,24,25). The molecule has 4 aromatic rings. The van der Waals surface area contributed by atoms with Gasteiger partial charge >= 0.3 is 0 Å². The lowest BCUT2D eigenvalue weighted by Crippen LogP contribution is -2.03. The third kappa shape index (κ3) is 3.92. The zero-order chi connectivity index (χ0) is 18.5. The van der Waals surface area contributed by atoms with Crippen LogP contribution in [0, 0.1) is 0 Å². The van der Waals surface area contributed by atoms with E-state index in [1.54, 1.807) is 18.4 Å². The Morgan fingerprint density at radius 2 is 1.41 bits per heavy atom. The molecule has 0 saturated carbocycles. The molecule has 0 bridgehead atoms. The highest BCUT2D eigenvalue weighted by molar-refractivity contribution is 7.16. The predicted molar refractivity (Wildman–Crippen MR) is 113 cm³/mol. The van der Waals surface area contributed by atoms with E-state index < -0.39 is 0 Å². The molecule has 0 radical (unpaired) electrons. The summed E-state index contributed by atoms with van der Waals surface area (Å²) in [5.41, 5.74) is 4.18. The topological polar surface area (TPSA) is 34.1 Å². The van der Waals surface area contributed by atoms with E-state index in [2.05, 4.69) is 29.6 Å². The summed E-state index contributed by atoms with van der Waals surface area (Å²) in [6.07, 6.45) is -0.162. The molecular formula is C23H20N2OS. The van der Waals surface area contributed by atoms with Crippen molar-refractivity contribution < 1.29 is 4.74 Å². The van der Waals surface area contributed by atoms with E-state index in [0.717, 1.165) is 32.5 Å². The molecule has 27 heavy (non-hydrogen) atoms. The second kappa shape index (κ2) is 8.16. The number of ether oxygens (including phenoxy) is 1. The van der Waals surface area contributed by atoms with Gasteiger partial charge in [0, 0.05) is 18.4 Å². The van der Waals surface area contributed by atoms with Crippen molar-refractivity contribution in [3.8, 4) is 11.3 Å². The molecule has 0 aliphatic heterocycles. The Labute approximate surface area is 163 Å². The first-order chi connectivity index (χ1) is 13.3. The number of hydrogen-bond donors (Lipinski definition) is 1. The van der Waals surface area contributed by atoms with Crippen molar-refractivity contribution in [2.24, 2.45) is 0 Å². The number of methoxy groups -OCH3 is 1. The molecule has 0 aliphatic carbocycles.